The Bertz CT molecular complexity index is 469. The minimum absolute atomic E-state index is 0.0448. The molecule has 0 bridgehead atoms. The van der Waals surface area contributed by atoms with E-state index in [1.807, 2.05) is 0 Å². The normalized spacial score (nSPS) is 9.93. The van der Waals surface area contributed by atoms with Gasteiger partial charge in [0.05, 0.1) is 11.8 Å². The van der Waals surface area contributed by atoms with Crippen molar-refractivity contribution in [3.63, 3.8) is 0 Å². The highest BCUT2D eigenvalue weighted by molar-refractivity contribution is 6.32. The van der Waals surface area contributed by atoms with Gasteiger partial charge in [-0.2, -0.15) is 0 Å². The first-order chi connectivity index (χ1) is 7.27. The first-order valence-corrected chi connectivity index (χ1v) is 4.46. The number of furan rings is 1. The number of aromatic nitrogens is 2. The number of carbonyl (C=O) groups is 1. The number of nitrogens with one attached hydrogen (secondary N) is 1. The Labute approximate surface area is 90.1 Å². The van der Waals surface area contributed by atoms with Crippen molar-refractivity contribution in [1.29, 1.82) is 0 Å². The fraction of sp³-hybridized carbons (Fsp3) is 0. The molecule has 0 radical (unpaired) electrons. The maximum absolute atomic E-state index is 11.6. The van der Waals surface area contributed by atoms with Gasteiger partial charge in [0.25, 0.3) is 5.91 Å². The van der Waals surface area contributed by atoms with Crippen LogP contribution in [0.4, 0.5) is 5.95 Å². The van der Waals surface area contributed by atoms with Crippen LogP contribution in [0.1, 0.15) is 10.4 Å². The maximum atomic E-state index is 11.6. The predicted octanol–water partition coefficient (Wildman–Crippen LogP) is 1.98. The number of anilines is 1. The number of rotatable bonds is 2. The van der Waals surface area contributed by atoms with Crippen LogP contribution in [0.3, 0.4) is 0 Å². The molecule has 0 atom stereocenters. The Morgan fingerprint density at radius 2 is 2.13 bits per heavy atom. The molecular weight excluding hydrogens is 218 g/mol. The second kappa shape index (κ2) is 4.10. The Balaban J connectivity index is 2.15. The molecule has 0 saturated heterocycles. The highest BCUT2D eigenvalue weighted by Crippen LogP contribution is 2.17. The SMILES string of the molecule is O=C(Nc1ncccn1)c1ccoc1Cl. The zero-order valence-corrected chi connectivity index (χ0v) is 8.23. The van der Waals surface area contributed by atoms with Crippen molar-refractivity contribution >= 4 is 23.5 Å². The lowest BCUT2D eigenvalue weighted by atomic mass is 10.3. The van der Waals surface area contributed by atoms with Crippen LogP contribution in [0.2, 0.25) is 5.22 Å². The lowest BCUT2D eigenvalue weighted by Crippen LogP contribution is -2.13. The highest BCUT2D eigenvalue weighted by atomic mass is 35.5. The smallest absolute Gasteiger partial charge is 0.262 e. The summed E-state index contributed by atoms with van der Waals surface area (Å²) in [5.74, 6) is -0.181. The molecule has 2 aromatic heterocycles. The van der Waals surface area contributed by atoms with Gasteiger partial charge in [0.1, 0.15) is 0 Å². The number of hydrogen-bond donors (Lipinski definition) is 1. The molecule has 1 N–H and O–H groups in total. The third-order valence-corrected chi connectivity index (χ3v) is 1.95. The van der Waals surface area contributed by atoms with E-state index < -0.39 is 5.91 Å². The second-order valence-electron chi connectivity index (χ2n) is 2.63. The third kappa shape index (κ3) is 2.13. The molecule has 15 heavy (non-hydrogen) atoms. The van der Waals surface area contributed by atoms with Gasteiger partial charge in [-0.25, -0.2) is 9.97 Å². The topological polar surface area (TPSA) is 68.0 Å². The summed E-state index contributed by atoms with van der Waals surface area (Å²) in [7, 11) is 0. The maximum Gasteiger partial charge on any atom is 0.262 e. The molecule has 0 saturated carbocycles. The van der Waals surface area contributed by atoms with Gasteiger partial charge in [0, 0.05) is 12.4 Å². The van der Waals surface area contributed by atoms with E-state index in [1.165, 1.54) is 24.7 Å². The van der Waals surface area contributed by atoms with Gasteiger partial charge in [-0.3, -0.25) is 10.1 Å². The molecule has 0 aliphatic heterocycles. The van der Waals surface area contributed by atoms with Crippen molar-refractivity contribution in [3.05, 3.63) is 41.6 Å². The van der Waals surface area contributed by atoms with Crippen LogP contribution >= 0.6 is 11.6 Å². The van der Waals surface area contributed by atoms with E-state index >= 15 is 0 Å². The fourth-order valence-corrected chi connectivity index (χ4v) is 1.19. The van der Waals surface area contributed by atoms with Crippen LogP contribution in [-0.4, -0.2) is 15.9 Å². The molecule has 76 valence electrons. The summed E-state index contributed by atoms with van der Waals surface area (Å²) in [6.45, 7) is 0. The molecule has 0 spiro atoms. The lowest BCUT2D eigenvalue weighted by molar-refractivity contribution is 0.102. The quantitative estimate of drug-likeness (QED) is 0.845. The molecule has 2 heterocycles. The van der Waals surface area contributed by atoms with Gasteiger partial charge in [-0.1, -0.05) is 0 Å². The first-order valence-electron chi connectivity index (χ1n) is 4.09. The molecule has 1 amide bonds. The van der Waals surface area contributed by atoms with E-state index in [4.69, 9.17) is 16.0 Å². The number of carbonyl (C=O) groups excluding carboxylic acids is 1. The molecule has 2 rings (SSSR count). The molecule has 0 unspecified atom stereocenters. The summed E-state index contributed by atoms with van der Waals surface area (Å²) < 4.78 is 4.79. The number of halogens is 1. The molecule has 0 aliphatic rings. The van der Waals surface area contributed by atoms with Gasteiger partial charge in [-0.15, -0.1) is 0 Å². The summed E-state index contributed by atoms with van der Waals surface area (Å²) in [5, 5.41) is 2.52. The van der Waals surface area contributed by atoms with Crippen molar-refractivity contribution in [2.24, 2.45) is 0 Å². The van der Waals surface area contributed by atoms with E-state index in [-0.39, 0.29) is 16.7 Å². The molecule has 0 fully saturated rings. The largest absolute Gasteiger partial charge is 0.452 e. The Hall–Kier alpha value is -1.88. The standard InChI is InChI=1S/C9H6ClN3O2/c10-7-6(2-5-15-7)8(14)13-9-11-3-1-4-12-9/h1-5H,(H,11,12,13,14). The Morgan fingerprint density at radius 3 is 2.73 bits per heavy atom. The van der Waals surface area contributed by atoms with Crippen LogP contribution in [-0.2, 0) is 0 Å². The minimum Gasteiger partial charge on any atom is -0.452 e. The van der Waals surface area contributed by atoms with E-state index in [2.05, 4.69) is 15.3 Å². The average Bonchev–Trinajstić information content (AvgIpc) is 2.66. The molecular formula is C9H6ClN3O2. The second-order valence-corrected chi connectivity index (χ2v) is 2.98. The zero-order chi connectivity index (χ0) is 10.7. The Morgan fingerprint density at radius 1 is 1.40 bits per heavy atom. The zero-order valence-electron chi connectivity index (χ0n) is 7.48. The third-order valence-electron chi connectivity index (χ3n) is 1.65. The van der Waals surface area contributed by atoms with E-state index in [9.17, 15) is 4.79 Å². The van der Waals surface area contributed by atoms with Crippen molar-refractivity contribution in [3.8, 4) is 0 Å². The molecule has 6 heteroatoms. The first kappa shape index (κ1) is 9.67. The predicted molar refractivity (Wildman–Crippen MR) is 53.7 cm³/mol. The van der Waals surface area contributed by atoms with Crippen LogP contribution in [0, 0.1) is 0 Å². The summed E-state index contributed by atoms with van der Waals surface area (Å²) in [4.78, 5) is 19.2. The van der Waals surface area contributed by atoms with Crippen molar-refractivity contribution < 1.29 is 9.21 Å². The average molecular weight is 224 g/mol. The van der Waals surface area contributed by atoms with Gasteiger partial charge in [-0.05, 0) is 23.7 Å². The monoisotopic (exact) mass is 223 g/mol. The fourth-order valence-electron chi connectivity index (χ4n) is 0.988. The van der Waals surface area contributed by atoms with Crippen molar-refractivity contribution in [2.45, 2.75) is 0 Å². The van der Waals surface area contributed by atoms with Crippen LogP contribution in [0.25, 0.3) is 0 Å². The van der Waals surface area contributed by atoms with Crippen LogP contribution < -0.4 is 5.32 Å². The lowest BCUT2D eigenvalue weighted by Gasteiger charge is -2.00. The van der Waals surface area contributed by atoms with Gasteiger partial charge in [0.2, 0.25) is 11.2 Å². The summed E-state index contributed by atoms with van der Waals surface area (Å²) >= 11 is 5.63. The van der Waals surface area contributed by atoms with Gasteiger partial charge < -0.3 is 4.42 Å². The van der Waals surface area contributed by atoms with Gasteiger partial charge in [0.15, 0.2) is 0 Å². The minimum atomic E-state index is -0.403. The van der Waals surface area contributed by atoms with E-state index in [0.717, 1.165) is 0 Å². The molecule has 0 aromatic carbocycles. The Kier molecular flexibility index (Phi) is 2.64. The summed E-state index contributed by atoms with van der Waals surface area (Å²) in [6.07, 6.45) is 4.39. The molecule has 5 nitrogen and oxygen atoms in total. The molecule has 0 aliphatic carbocycles. The molecule has 2 aromatic rings. The van der Waals surface area contributed by atoms with Crippen molar-refractivity contribution in [2.75, 3.05) is 5.32 Å². The summed E-state index contributed by atoms with van der Waals surface area (Å²) in [6, 6.07) is 3.13. The van der Waals surface area contributed by atoms with E-state index in [1.54, 1.807) is 6.07 Å². The van der Waals surface area contributed by atoms with E-state index in [0.29, 0.717) is 0 Å². The van der Waals surface area contributed by atoms with Crippen LogP contribution in [0.5, 0.6) is 0 Å². The summed E-state index contributed by atoms with van der Waals surface area (Å²) in [5.41, 5.74) is 0.254. The van der Waals surface area contributed by atoms with Gasteiger partial charge >= 0.3 is 0 Å². The highest BCUT2D eigenvalue weighted by Gasteiger charge is 2.13. The number of amides is 1. The van der Waals surface area contributed by atoms with Crippen LogP contribution in [0.15, 0.2) is 35.2 Å². The number of nitrogens with zero attached hydrogens (tertiary/aromatic N) is 2. The number of hydrogen-bond acceptors (Lipinski definition) is 4. The van der Waals surface area contributed by atoms with Crippen molar-refractivity contribution in [1.82, 2.24) is 9.97 Å².